The Kier molecular flexibility index (Phi) is 4.80. The lowest BCUT2D eigenvalue weighted by Crippen LogP contribution is -2.10. The van der Waals surface area contributed by atoms with Crippen LogP contribution in [-0.4, -0.2) is 13.1 Å². The van der Waals surface area contributed by atoms with Gasteiger partial charge in [0.05, 0.1) is 13.0 Å². The number of carbonyl (C=O) groups is 1. The van der Waals surface area contributed by atoms with Crippen LogP contribution >= 0.6 is 0 Å². The van der Waals surface area contributed by atoms with Crippen molar-refractivity contribution in [3.05, 3.63) is 77.9 Å². The molecule has 3 heteroatoms. The molecule has 3 nitrogen and oxygen atoms in total. The molecule has 0 heterocycles. The molecule has 0 aliphatic carbocycles. The molecule has 0 radical (unpaired) electrons. The summed E-state index contributed by atoms with van der Waals surface area (Å²) >= 11 is 0. The van der Waals surface area contributed by atoms with Gasteiger partial charge in [0.2, 0.25) is 0 Å². The normalized spacial score (nSPS) is 11.9. The van der Waals surface area contributed by atoms with E-state index in [-0.39, 0.29) is 11.9 Å². The van der Waals surface area contributed by atoms with Crippen molar-refractivity contribution in [2.75, 3.05) is 7.11 Å². The van der Waals surface area contributed by atoms with E-state index in [0.717, 1.165) is 16.9 Å². The number of hydrogen-bond donors (Lipinski definition) is 0. The van der Waals surface area contributed by atoms with Crippen molar-refractivity contribution < 1.29 is 14.3 Å². The van der Waals surface area contributed by atoms with E-state index in [4.69, 9.17) is 9.47 Å². The minimum Gasteiger partial charge on any atom is -0.489 e. The van der Waals surface area contributed by atoms with Gasteiger partial charge in [-0.3, -0.25) is 4.79 Å². The zero-order valence-electron chi connectivity index (χ0n) is 13.9. The number of hydrogen-bond acceptors (Lipinski definition) is 3. The molecule has 0 bridgehead atoms. The van der Waals surface area contributed by atoms with Crippen LogP contribution in [0, 0.1) is 0 Å². The number of methoxy groups -OCH3 is 1. The van der Waals surface area contributed by atoms with Crippen molar-refractivity contribution in [1.29, 1.82) is 0 Å². The summed E-state index contributed by atoms with van der Waals surface area (Å²) in [6.45, 7) is 2.34. The molecule has 122 valence electrons. The van der Waals surface area contributed by atoms with Gasteiger partial charge in [0.15, 0.2) is 0 Å². The van der Waals surface area contributed by atoms with E-state index in [2.05, 4.69) is 30.3 Å². The molecule has 0 fully saturated rings. The Balaban J connectivity index is 1.66. The van der Waals surface area contributed by atoms with Gasteiger partial charge < -0.3 is 9.47 Å². The van der Waals surface area contributed by atoms with E-state index in [1.807, 2.05) is 43.3 Å². The summed E-state index contributed by atoms with van der Waals surface area (Å²) < 4.78 is 10.6. The van der Waals surface area contributed by atoms with E-state index < -0.39 is 0 Å². The van der Waals surface area contributed by atoms with E-state index >= 15 is 0 Å². The van der Waals surface area contributed by atoms with Crippen LogP contribution in [0.2, 0.25) is 0 Å². The van der Waals surface area contributed by atoms with Crippen molar-refractivity contribution in [2.45, 2.75) is 19.4 Å². The van der Waals surface area contributed by atoms with Crippen molar-refractivity contribution in [2.24, 2.45) is 0 Å². The Bertz CT molecular complexity index is 837. The molecule has 24 heavy (non-hydrogen) atoms. The van der Waals surface area contributed by atoms with Gasteiger partial charge in [-0.2, -0.15) is 0 Å². The second-order valence-electron chi connectivity index (χ2n) is 5.78. The van der Waals surface area contributed by atoms with Crippen LogP contribution in [0.25, 0.3) is 10.8 Å². The van der Waals surface area contributed by atoms with Crippen molar-refractivity contribution in [3.8, 4) is 5.75 Å². The zero-order valence-corrected chi connectivity index (χ0v) is 13.9. The predicted molar refractivity (Wildman–Crippen MR) is 95.2 cm³/mol. The lowest BCUT2D eigenvalue weighted by Gasteiger charge is -2.11. The fourth-order valence-electron chi connectivity index (χ4n) is 2.66. The van der Waals surface area contributed by atoms with Crippen molar-refractivity contribution in [3.63, 3.8) is 0 Å². The smallest absolute Gasteiger partial charge is 0.312 e. The number of benzene rings is 3. The first kappa shape index (κ1) is 16.1. The van der Waals surface area contributed by atoms with Crippen LogP contribution < -0.4 is 4.74 Å². The van der Waals surface area contributed by atoms with Gasteiger partial charge in [0, 0.05) is 0 Å². The highest BCUT2D eigenvalue weighted by atomic mass is 16.5. The highest BCUT2D eigenvalue weighted by Gasteiger charge is 2.15. The van der Waals surface area contributed by atoms with Gasteiger partial charge in [-0.25, -0.2) is 0 Å². The minimum absolute atomic E-state index is 0.236. The van der Waals surface area contributed by atoms with Crippen LogP contribution in [0.3, 0.4) is 0 Å². The van der Waals surface area contributed by atoms with Crippen LogP contribution in [0.4, 0.5) is 0 Å². The van der Waals surface area contributed by atoms with E-state index in [0.29, 0.717) is 6.61 Å². The summed E-state index contributed by atoms with van der Waals surface area (Å²) in [7, 11) is 1.40. The largest absolute Gasteiger partial charge is 0.489 e. The van der Waals surface area contributed by atoms with Crippen molar-refractivity contribution in [1.82, 2.24) is 0 Å². The molecule has 3 aromatic carbocycles. The number of ether oxygens (including phenoxy) is 2. The quantitative estimate of drug-likeness (QED) is 0.639. The summed E-state index contributed by atoms with van der Waals surface area (Å²) in [6, 6.07) is 22.2. The van der Waals surface area contributed by atoms with Gasteiger partial charge >= 0.3 is 5.97 Å². The summed E-state index contributed by atoms with van der Waals surface area (Å²) in [5, 5.41) is 2.43. The molecule has 1 atom stereocenters. The molecule has 0 saturated heterocycles. The third kappa shape index (κ3) is 3.57. The van der Waals surface area contributed by atoms with Gasteiger partial charge in [0.25, 0.3) is 0 Å². The van der Waals surface area contributed by atoms with E-state index in [9.17, 15) is 4.79 Å². The van der Waals surface area contributed by atoms with E-state index in [1.54, 1.807) is 0 Å². The molecule has 0 aliphatic heterocycles. The van der Waals surface area contributed by atoms with Crippen LogP contribution in [0.1, 0.15) is 24.0 Å². The molecule has 0 saturated carbocycles. The molecule has 0 aromatic heterocycles. The Morgan fingerprint density at radius 1 is 0.958 bits per heavy atom. The second kappa shape index (κ2) is 7.18. The average Bonchev–Trinajstić information content (AvgIpc) is 2.65. The second-order valence-corrected chi connectivity index (χ2v) is 5.78. The number of esters is 1. The molecule has 0 aliphatic rings. The molecule has 0 spiro atoms. The maximum Gasteiger partial charge on any atom is 0.312 e. The SMILES string of the molecule is COC(=O)C(C)c1ccc(OCc2ccc3ccccc3c2)cc1. The minimum atomic E-state index is -0.274. The Hall–Kier alpha value is -2.81. The molecule has 1 unspecified atom stereocenters. The summed E-state index contributed by atoms with van der Waals surface area (Å²) in [5.41, 5.74) is 2.04. The van der Waals surface area contributed by atoms with Crippen LogP contribution in [-0.2, 0) is 16.1 Å². The van der Waals surface area contributed by atoms with Crippen molar-refractivity contribution >= 4 is 16.7 Å². The maximum atomic E-state index is 11.6. The summed E-state index contributed by atoms with van der Waals surface area (Å²) in [5.74, 6) is 0.272. The van der Waals surface area contributed by atoms with Crippen LogP contribution in [0.15, 0.2) is 66.7 Å². The zero-order chi connectivity index (χ0) is 16.9. The first-order chi connectivity index (χ1) is 11.7. The highest BCUT2D eigenvalue weighted by Crippen LogP contribution is 2.22. The lowest BCUT2D eigenvalue weighted by atomic mass is 10.0. The molecular weight excluding hydrogens is 300 g/mol. The molecule has 0 amide bonds. The third-order valence-electron chi connectivity index (χ3n) is 4.15. The van der Waals surface area contributed by atoms with Gasteiger partial charge in [0.1, 0.15) is 12.4 Å². The fourth-order valence-corrected chi connectivity index (χ4v) is 2.66. The Labute approximate surface area is 141 Å². The number of rotatable bonds is 5. The first-order valence-corrected chi connectivity index (χ1v) is 7.95. The Morgan fingerprint density at radius 2 is 1.67 bits per heavy atom. The monoisotopic (exact) mass is 320 g/mol. The summed E-state index contributed by atoms with van der Waals surface area (Å²) in [6.07, 6.45) is 0. The molecule has 0 N–H and O–H groups in total. The molecule has 3 rings (SSSR count). The molecule has 3 aromatic rings. The molecular formula is C21H20O3. The predicted octanol–water partition coefficient (Wildman–Crippen LogP) is 4.70. The Morgan fingerprint density at radius 3 is 2.38 bits per heavy atom. The van der Waals surface area contributed by atoms with Gasteiger partial charge in [-0.1, -0.05) is 48.5 Å². The number of fused-ring (bicyclic) bond motifs is 1. The van der Waals surface area contributed by atoms with Gasteiger partial charge in [-0.15, -0.1) is 0 Å². The topological polar surface area (TPSA) is 35.5 Å². The first-order valence-electron chi connectivity index (χ1n) is 7.95. The standard InChI is InChI=1S/C21H20O3/c1-15(21(22)23-2)17-9-11-20(12-10-17)24-14-16-7-8-18-5-3-4-6-19(18)13-16/h3-13,15H,14H2,1-2H3. The third-order valence-corrected chi connectivity index (χ3v) is 4.15. The fraction of sp³-hybridized carbons (Fsp3) is 0.190. The van der Waals surface area contributed by atoms with Gasteiger partial charge in [-0.05, 0) is 47.0 Å². The maximum absolute atomic E-state index is 11.6. The number of carbonyl (C=O) groups excluding carboxylic acids is 1. The summed E-state index contributed by atoms with van der Waals surface area (Å²) in [4.78, 5) is 11.6. The van der Waals surface area contributed by atoms with Crippen LogP contribution in [0.5, 0.6) is 5.75 Å². The lowest BCUT2D eigenvalue weighted by molar-refractivity contribution is -0.141. The van der Waals surface area contributed by atoms with E-state index in [1.165, 1.54) is 17.9 Å². The average molecular weight is 320 g/mol. The highest BCUT2D eigenvalue weighted by molar-refractivity contribution is 5.83.